The molecule has 2 aliphatic heterocycles. The maximum Gasteiger partial charge on any atom is 0.240 e. The van der Waals surface area contributed by atoms with Crippen LogP contribution < -0.4 is 5.32 Å². The number of nitrogens with zero attached hydrogens (tertiary/aromatic N) is 2. The molecular formula is C14H15ClFN3O. The highest BCUT2D eigenvalue weighted by molar-refractivity contribution is 6.34. The van der Waals surface area contributed by atoms with Gasteiger partial charge in [0, 0.05) is 32.2 Å². The molecule has 20 heavy (non-hydrogen) atoms. The molecule has 106 valence electrons. The number of hydrogen-bond donors (Lipinski definition) is 1. The molecule has 2 saturated heterocycles. The molecular weight excluding hydrogens is 281 g/mol. The van der Waals surface area contributed by atoms with E-state index < -0.39 is 5.82 Å². The van der Waals surface area contributed by atoms with Crippen molar-refractivity contribution in [1.82, 2.24) is 10.2 Å². The minimum Gasteiger partial charge on any atom is -0.371 e. The first-order chi connectivity index (χ1) is 9.70. The van der Waals surface area contributed by atoms with Gasteiger partial charge in [-0.1, -0.05) is 17.7 Å². The van der Waals surface area contributed by atoms with Crippen molar-refractivity contribution >= 4 is 17.3 Å². The third kappa shape index (κ3) is 2.40. The van der Waals surface area contributed by atoms with Gasteiger partial charge in [0.05, 0.1) is 24.3 Å². The standard InChI is InChI=1S/C14H15ClFN3O/c1-17-14-11(16)3-2-10(13(14)15)12-7-19-5-4-18-6-9(19)8-20-12/h2-3,9,12,18H,4-8H2/t9-,12+/m1/s1. The second kappa shape index (κ2) is 5.66. The van der Waals surface area contributed by atoms with Gasteiger partial charge in [-0.2, -0.15) is 0 Å². The van der Waals surface area contributed by atoms with Crippen LogP contribution in [-0.2, 0) is 4.74 Å². The van der Waals surface area contributed by atoms with Crippen LogP contribution in [0.1, 0.15) is 11.7 Å². The van der Waals surface area contributed by atoms with Crippen molar-refractivity contribution in [2.45, 2.75) is 12.1 Å². The van der Waals surface area contributed by atoms with Crippen LogP contribution in [0.25, 0.3) is 4.85 Å². The summed E-state index contributed by atoms with van der Waals surface area (Å²) in [5.41, 5.74) is 0.589. The average molecular weight is 296 g/mol. The van der Waals surface area contributed by atoms with E-state index >= 15 is 0 Å². The Balaban J connectivity index is 1.85. The first-order valence-electron chi connectivity index (χ1n) is 6.62. The highest BCUT2D eigenvalue weighted by Crippen LogP contribution is 2.37. The lowest BCUT2D eigenvalue weighted by atomic mass is 10.0. The van der Waals surface area contributed by atoms with Gasteiger partial charge in [0.1, 0.15) is 5.82 Å². The lowest BCUT2D eigenvalue weighted by molar-refractivity contribution is -0.0717. The number of halogens is 2. The lowest BCUT2D eigenvalue weighted by Gasteiger charge is -2.43. The number of hydrogen-bond acceptors (Lipinski definition) is 3. The first kappa shape index (κ1) is 13.8. The second-order valence-electron chi connectivity index (χ2n) is 5.09. The molecule has 0 saturated carbocycles. The summed E-state index contributed by atoms with van der Waals surface area (Å²) in [4.78, 5) is 5.53. The predicted octanol–water partition coefficient (Wildman–Crippen LogP) is 2.37. The van der Waals surface area contributed by atoms with E-state index in [9.17, 15) is 4.39 Å². The smallest absolute Gasteiger partial charge is 0.240 e. The molecule has 2 atom stereocenters. The molecule has 1 aromatic rings. The van der Waals surface area contributed by atoms with Crippen LogP contribution in [0.5, 0.6) is 0 Å². The minimum absolute atomic E-state index is 0.116. The third-order valence-corrected chi connectivity index (χ3v) is 4.31. The summed E-state index contributed by atoms with van der Waals surface area (Å²) in [6.07, 6.45) is -0.196. The van der Waals surface area contributed by atoms with Crippen LogP contribution >= 0.6 is 11.6 Å². The molecule has 2 aliphatic rings. The van der Waals surface area contributed by atoms with Crippen LogP contribution in [0.15, 0.2) is 12.1 Å². The highest BCUT2D eigenvalue weighted by Gasteiger charge is 2.32. The van der Waals surface area contributed by atoms with Gasteiger partial charge in [0.2, 0.25) is 5.69 Å². The molecule has 2 fully saturated rings. The molecule has 4 nitrogen and oxygen atoms in total. The van der Waals surface area contributed by atoms with E-state index in [2.05, 4.69) is 15.1 Å². The van der Waals surface area contributed by atoms with E-state index in [1.165, 1.54) is 6.07 Å². The van der Waals surface area contributed by atoms with Crippen LogP contribution in [0.3, 0.4) is 0 Å². The van der Waals surface area contributed by atoms with E-state index in [1.807, 2.05) is 0 Å². The first-order valence-corrected chi connectivity index (χ1v) is 7.00. The normalized spacial score (nSPS) is 26.9. The summed E-state index contributed by atoms with van der Waals surface area (Å²) in [7, 11) is 0. The van der Waals surface area contributed by atoms with Gasteiger partial charge in [-0.3, -0.25) is 4.90 Å². The molecule has 2 heterocycles. The van der Waals surface area contributed by atoms with E-state index in [-0.39, 0.29) is 16.8 Å². The largest absolute Gasteiger partial charge is 0.371 e. The van der Waals surface area contributed by atoms with Crippen molar-refractivity contribution in [1.29, 1.82) is 0 Å². The fourth-order valence-electron chi connectivity index (χ4n) is 2.80. The highest BCUT2D eigenvalue weighted by atomic mass is 35.5. The maximum atomic E-state index is 13.5. The summed E-state index contributed by atoms with van der Waals surface area (Å²) in [6, 6.07) is 3.31. The summed E-state index contributed by atoms with van der Waals surface area (Å²) >= 11 is 6.16. The number of nitrogens with one attached hydrogen (secondary N) is 1. The minimum atomic E-state index is -0.579. The molecule has 0 aliphatic carbocycles. The molecule has 3 rings (SSSR count). The zero-order valence-corrected chi connectivity index (χ0v) is 11.7. The zero-order chi connectivity index (χ0) is 14.1. The molecule has 1 aromatic carbocycles. The van der Waals surface area contributed by atoms with E-state index in [0.717, 1.165) is 26.2 Å². The Morgan fingerprint density at radius 2 is 2.35 bits per heavy atom. The maximum absolute atomic E-state index is 13.5. The molecule has 0 spiro atoms. The molecule has 0 amide bonds. The Morgan fingerprint density at radius 1 is 1.50 bits per heavy atom. The number of piperazine rings is 1. The number of morpholine rings is 1. The van der Waals surface area contributed by atoms with E-state index in [4.69, 9.17) is 22.9 Å². The number of rotatable bonds is 1. The Kier molecular flexibility index (Phi) is 3.90. The van der Waals surface area contributed by atoms with Gasteiger partial charge in [-0.15, -0.1) is 0 Å². The van der Waals surface area contributed by atoms with Crippen molar-refractivity contribution in [3.8, 4) is 0 Å². The Hall–Kier alpha value is -1.19. The van der Waals surface area contributed by atoms with E-state index in [1.54, 1.807) is 6.07 Å². The van der Waals surface area contributed by atoms with Crippen LogP contribution in [0, 0.1) is 12.4 Å². The molecule has 6 heteroatoms. The van der Waals surface area contributed by atoms with Crippen molar-refractivity contribution < 1.29 is 9.13 Å². The van der Waals surface area contributed by atoms with Gasteiger partial charge in [-0.25, -0.2) is 9.24 Å². The summed E-state index contributed by atoms with van der Waals surface area (Å²) in [5, 5.41) is 3.52. The van der Waals surface area contributed by atoms with Gasteiger partial charge >= 0.3 is 0 Å². The van der Waals surface area contributed by atoms with E-state index in [0.29, 0.717) is 18.2 Å². The van der Waals surface area contributed by atoms with Gasteiger partial charge < -0.3 is 10.1 Å². The predicted molar refractivity (Wildman–Crippen MR) is 74.6 cm³/mol. The molecule has 0 unspecified atom stereocenters. The van der Waals surface area contributed by atoms with Gasteiger partial charge in [-0.05, 0) is 11.6 Å². The van der Waals surface area contributed by atoms with Crippen molar-refractivity contribution in [2.75, 3.05) is 32.8 Å². The Morgan fingerprint density at radius 3 is 3.15 bits per heavy atom. The van der Waals surface area contributed by atoms with Crippen molar-refractivity contribution in [3.05, 3.63) is 40.0 Å². The van der Waals surface area contributed by atoms with Gasteiger partial charge in [0.25, 0.3) is 0 Å². The Bertz CT molecular complexity index is 560. The summed E-state index contributed by atoms with van der Waals surface area (Å²) in [5.74, 6) is -0.579. The molecule has 1 N–H and O–H groups in total. The van der Waals surface area contributed by atoms with Crippen LogP contribution in [0.4, 0.5) is 10.1 Å². The SMILES string of the molecule is [C-]#[N+]c1c(F)ccc([C@@H]2CN3CCNC[C@@H]3CO2)c1Cl. The van der Waals surface area contributed by atoms with Crippen molar-refractivity contribution in [3.63, 3.8) is 0 Å². The van der Waals surface area contributed by atoms with Crippen LogP contribution in [0.2, 0.25) is 5.02 Å². The molecule has 0 radical (unpaired) electrons. The fourth-order valence-corrected chi connectivity index (χ4v) is 3.11. The second-order valence-corrected chi connectivity index (χ2v) is 5.46. The number of ether oxygens (including phenoxy) is 1. The molecule has 0 bridgehead atoms. The Labute approximate surface area is 122 Å². The topological polar surface area (TPSA) is 28.9 Å². The van der Waals surface area contributed by atoms with Crippen molar-refractivity contribution in [2.24, 2.45) is 0 Å². The van der Waals surface area contributed by atoms with Gasteiger partial charge in [0.15, 0.2) is 0 Å². The number of benzene rings is 1. The summed E-state index contributed by atoms with van der Waals surface area (Å²) in [6.45, 7) is 11.2. The zero-order valence-electron chi connectivity index (χ0n) is 10.9. The van der Waals surface area contributed by atoms with Crippen LogP contribution in [-0.4, -0.2) is 43.7 Å². The lowest BCUT2D eigenvalue weighted by Crippen LogP contribution is -2.57. The molecule has 0 aromatic heterocycles. The summed E-state index contributed by atoms with van der Waals surface area (Å²) < 4.78 is 19.4. The average Bonchev–Trinajstić information content (AvgIpc) is 2.47. The quantitative estimate of drug-likeness (QED) is 0.807. The third-order valence-electron chi connectivity index (χ3n) is 3.92. The fraction of sp³-hybridized carbons (Fsp3) is 0.500. The monoisotopic (exact) mass is 295 g/mol. The number of fused-ring (bicyclic) bond motifs is 1.